The van der Waals surface area contributed by atoms with E-state index in [4.69, 9.17) is 0 Å². The Morgan fingerprint density at radius 1 is 0.680 bits per heavy atom. The fourth-order valence-corrected chi connectivity index (χ4v) is 6.88. The van der Waals surface area contributed by atoms with Crippen LogP contribution in [0, 0.1) is 5.92 Å². The highest BCUT2D eigenvalue weighted by molar-refractivity contribution is 5.68. The normalized spacial score (nSPS) is 14.3. The lowest BCUT2D eigenvalue weighted by atomic mass is 9.78. The third kappa shape index (κ3) is 16.8. The second-order valence-electron chi connectivity index (χ2n) is 13.7. The summed E-state index contributed by atoms with van der Waals surface area (Å²) in [5, 5.41) is 27.3. The zero-order valence-corrected chi connectivity index (χ0v) is 30.4. The summed E-state index contributed by atoms with van der Waals surface area (Å²) in [5.74, 6) is -0.363. The summed E-state index contributed by atoms with van der Waals surface area (Å²) >= 11 is 0. The van der Waals surface area contributed by atoms with Crippen molar-refractivity contribution in [3.8, 4) is 0 Å². The van der Waals surface area contributed by atoms with E-state index in [1.54, 1.807) is 6.92 Å². The fourth-order valence-electron chi connectivity index (χ4n) is 6.88. The van der Waals surface area contributed by atoms with Gasteiger partial charge in [-0.3, -0.25) is 5.43 Å². The van der Waals surface area contributed by atoms with Crippen LogP contribution in [0.25, 0.3) is 0 Å². The number of carbonyl (C=O) groups excluding carboxylic acids is 2. The molecule has 2 aromatic carbocycles. The number of carbonyl (C=O) groups is 4. The number of nitrogens with one attached hydrogen (secondary N) is 3. The zero-order valence-electron chi connectivity index (χ0n) is 30.4. The number of aldehydes is 2. The van der Waals surface area contributed by atoms with E-state index in [1.165, 1.54) is 62.8 Å². The molecule has 4 atom stereocenters. The van der Waals surface area contributed by atoms with Crippen LogP contribution in [-0.4, -0.2) is 64.3 Å². The van der Waals surface area contributed by atoms with Crippen LogP contribution in [0.1, 0.15) is 121 Å². The molecule has 10 nitrogen and oxygen atoms in total. The third-order valence-corrected chi connectivity index (χ3v) is 9.54. The summed E-state index contributed by atoms with van der Waals surface area (Å²) in [4.78, 5) is 47.4. The number of rotatable bonds is 29. The van der Waals surface area contributed by atoms with Gasteiger partial charge in [0, 0.05) is 12.3 Å². The van der Waals surface area contributed by atoms with E-state index in [0.29, 0.717) is 19.1 Å². The Hall–Kier alpha value is -3.76. The van der Waals surface area contributed by atoms with Crippen LogP contribution in [0.2, 0.25) is 0 Å². The maximum atomic E-state index is 12.5. The van der Waals surface area contributed by atoms with Gasteiger partial charge in [0.25, 0.3) is 0 Å². The fraction of sp³-hybridized carbons (Fsp3) is 0.600. The largest absolute Gasteiger partial charge is 0.465 e. The molecule has 278 valence electrons. The summed E-state index contributed by atoms with van der Waals surface area (Å²) in [6.45, 7) is 4.37. The summed E-state index contributed by atoms with van der Waals surface area (Å²) in [5.41, 5.74) is 2.79. The first kappa shape index (κ1) is 42.4. The van der Waals surface area contributed by atoms with Crippen molar-refractivity contribution in [3.05, 3.63) is 71.8 Å². The topological polar surface area (TPSA) is 148 Å². The van der Waals surface area contributed by atoms with Gasteiger partial charge < -0.3 is 30.4 Å². The summed E-state index contributed by atoms with van der Waals surface area (Å²) in [7, 11) is 0. The van der Waals surface area contributed by atoms with Crippen LogP contribution < -0.4 is 16.1 Å². The second-order valence-corrected chi connectivity index (χ2v) is 13.7. The van der Waals surface area contributed by atoms with Gasteiger partial charge >= 0.3 is 12.2 Å². The maximum absolute atomic E-state index is 12.5. The molecule has 0 radical (unpaired) electrons. The molecule has 0 aliphatic heterocycles. The molecule has 0 bridgehead atoms. The van der Waals surface area contributed by atoms with Gasteiger partial charge in [0.15, 0.2) is 0 Å². The lowest BCUT2D eigenvalue weighted by Gasteiger charge is -2.49. The van der Waals surface area contributed by atoms with Crippen molar-refractivity contribution in [3.63, 3.8) is 0 Å². The Kier molecular flexibility index (Phi) is 21.4. The number of unbranched alkanes of at least 4 members (excludes halogenated alkanes) is 13. The van der Waals surface area contributed by atoms with Crippen molar-refractivity contribution >= 4 is 24.8 Å². The highest BCUT2D eigenvalue weighted by Gasteiger charge is 2.48. The maximum Gasteiger partial charge on any atom is 0.419 e. The van der Waals surface area contributed by atoms with Gasteiger partial charge in [-0.25, -0.2) is 9.59 Å². The minimum Gasteiger partial charge on any atom is -0.465 e. The molecular weight excluding hydrogens is 632 g/mol. The minimum absolute atomic E-state index is 0.0502. The number of nitrogens with zero attached hydrogens (tertiary/aromatic N) is 1. The number of amides is 2. The SMILES string of the molecule is CC(C=O)NCCCCCCCCCCCCCCCC[C@@H](Cc1ccccc1)C(Cc1ccccc1)(NC(=O)O)N(NC(=O)O)[C@@H](C)C=O. The molecule has 0 aliphatic rings. The van der Waals surface area contributed by atoms with Crippen LogP contribution in [-0.2, 0) is 22.4 Å². The van der Waals surface area contributed by atoms with Crippen LogP contribution in [0.15, 0.2) is 60.7 Å². The molecule has 0 heterocycles. The van der Waals surface area contributed by atoms with E-state index < -0.39 is 23.9 Å². The molecule has 0 saturated heterocycles. The zero-order chi connectivity index (χ0) is 36.5. The van der Waals surface area contributed by atoms with E-state index >= 15 is 0 Å². The van der Waals surface area contributed by atoms with E-state index in [-0.39, 0.29) is 18.4 Å². The van der Waals surface area contributed by atoms with E-state index in [0.717, 1.165) is 56.1 Å². The number of hydrazine groups is 1. The van der Waals surface area contributed by atoms with Gasteiger partial charge in [0.2, 0.25) is 0 Å². The average Bonchev–Trinajstić information content (AvgIpc) is 3.11. The highest BCUT2D eigenvalue weighted by Crippen LogP contribution is 2.34. The van der Waals surface area contributed by atoms with Gasteiger partial charge in [-0.05, 0) is 50.8 Å². The molecule has 0 spiro atoms. The standard InChI is InChI=1S/C40H62N4O6/c1-33(31-45)41-28-22-14-12-10-8-6-4-3-5-7-9-11-13-21-27-37(29-35-23-17-15-18-24-35)40(42-38(47)48,30-36-25-19-16-20-26-36)44(34(2)32-46)43-39(49)50/h15-20,23-26,31-34,37,41-43H,3-14,21-22,27-30H2,1-2H3,(H,47,48)(H,49,50)/t33?,34-,37-,40?/m0/s1. The van der Waals surface area contributed by atoms with Crippen molar-refractivity contribution < 1.29 is 29.4 Å². The summed E-state index contributed by atoms with van der Waals surface area (Å²) in [6, 6.07) is 18.2. The van der Waals surface area contributed by atoms with Crippen molar-refractivity contribution in [1.29, 1.82) is 0 Å². The lowest BCUT2D eigenvalue weighted by molar-refractivity contribution is -0.121. The highest BCUT2D eigenvalue weighted by atomic mass is 16.4. The van der Waals surface area contributed by atoms with Gasteiger partial charge in [-0.15, -0.1) is 0 Å². The first-order valence-electron chi connectivity index (χ1n) is 18.7. The van der Waals surface area contributed by atoms with Crippen molar-refractivity contribution in [2.45, 2.75) is 141 Å². The number of carboxylic acid groups (broad SMARTS) is 2. The molecule has 50 heavy (non-hydrogen) atoms. The first-order chi connectivity index (χ1) is 24.2. The Morgan fingerprint density at radius 3 is 1.62 bits per heavy atom. The number of hydrogen-bond acceptors (Lipinski definition) is 6. The summed E-state index contributed by atoms with van der Waals surface area (Å²) < 4.78 is 0. The monoisotopic (exact) mass is 694 g/mol. The molecular formula is C40H62N4O6. The van der Waals surface area contributed by atoms with Crippen LogP contribution in [0.5, 0.6) is 0 Å². The predicted molar refractivity (Wildman–Crippen MR) is 199 cm³/mol. The van der Waals surface area contributed by atoms with Crippen LogP contribution >= 0.6 is 0 Å². The van der Waals surface area contributed by atoms with Crippen molar-refractivity contribution in [2.24, 2.45) is 5.92 Å². The molecule has 2 aromatic rings. The molecule has 0 fully saturated rings. The molecule has 2 unspecified atom stereocenters. The molecule has 0 aromatic heterocycles. The van der Waals surface area contributed by atoms with Crippen LogP contribution in [0.3, 0.4) is 0 Å². The van der Waals surface area contributed by atoms with Gasteiger partial charge in [0.05, 0.1) is 12.1 Å². The third-order valence-electron chi connectivity index (χ3n) is 9.54. The molecule has 0 aliphatic carbocycles. The average molecular weight is 695 g/mol. The van der Waals surface area contributed by atoms with Crippen molar-refractivity contribution in [2.75, 3.05) is 6.54 Å². The van der Waals surface area contributed by atoms with Gasteiger partial charge in [-0.2, -0.15) is 5.01 Å². The molecule has 10 heteroatoms. The minimum atomic E-state index is -1.45. The molecule has 0 saturated carbocycles. The van der Waals surface area contributed by atoms with Gasteiger partial charge in [0.1, 0.15) is 18.2 Å². The van der Waals surface area contributed by atoms with E-state index in [9.17, 15) is 29.4 Å². The van der Waals surface area contributed by atoms with Crippen LogP contribution in [0.4, 0.5) is 9.59 Å². The van der Waals surface area contributed by atoms with E-state index in [2.05, 4.69) is 16.1 Å². The number of benzene rings is 2. The smallest absolute Gasteiger partial charge is 0.419 e. The Bertz CT molecular complexity index is 1220. The lowest BCUT2D eigenvalue weighted by Crippen LogP contribution is -2.72. The van der Waals surface area contributed by atoms with Crippen molar-refractivity contribution in [1.82, 2.24) is 21.1 Å². The Morgan fingerprint density at radius 2 is 1.16 bits per heavy atom. The van der Waals surface area contributed by atoms with E-state index in [1.807, 2.05) is 67.6 Å². The summed E-state index contributed by atoms with van der Waals surface area (Å²) in [6.07, 6.45) is 16.7. The number of hydrogen-bond donors (Lipinski definition) is 5. The Balaban J connectivity index is 1.97. The predicted octanol–water partition coefficient (Wildman–Crippen LogP) is 8.15. The quantitative estimate of drug-likeness (QED) is 0.0248. The molecule has 2 amide bonds. The Labute approximate surface area is 299 Å². The van der Waals surface area contributed by atoms with Gasteiger partial charge in [-0.1, -0.05) is 144 Å². The second kappa shape index (κ2) is 25.2. The molecule has 2 rings (SSSR count). The molecule has 5 N–H and O–H groups in total. The first-order valence-corrected chi connectivity index (χ1v) is 18.7.